The van der Waals surface area contributed by atoms with E-state index in [0.29, 0.717) is 11.1 Å². The Morgan fingerprint density at radius 3 is 2.47 bits per heavy atom. The van der Waals surface area contributed by atoms with Gasteiger partial charge in [0.2, 0.25) is 0 Å². The molecule has 0 amide bonds. The molecular weight excluding hydrogens is 446 g/mol. The molecule has 34 heavy (non-hydrogen) atoms. The number of aromatic nitrogens is 4. The number of benzene rings is 1. The van der Waals surface area contributed by atoms with Crippen LogP contribution in [0.25, 0.3) is 33.1 Å². The van der Waals surface area contributed by atoms with Gasteiger partial charge in [-0.3, -0.25) is 4.57 Å². The Morgan fingerprint density at radius 2 is 1.79 bits per heavy atom. The molecule has 0 aliphatic rings. The van der Waals surface area contributed by atoms with E-state index in [1.54, 1.807) is 17.5 Å². The molecule has 1 aromatic carbocycles. The van der Waals surface area contributed by atoms with E-state index >= 15 is 0 Å². The largest absolute Gasteiger partial charge is 0.430 e. The number of aryl methyl sites for hydroxylation is 2. The third kappa shape index (κ3) is 3.29. The van der Waals surface area contributed by atoms with E-state index in [1.165, 1.54) is 6.26 Å². The summed E-state index contributed by atoms with van der Waals surface area (Å²) in [7, 11) is 0. The molecule has 0 aliphatic carbocycles. The third-order valence-electron chi connectivity index (χ3n) is 5.99. The van der Waals surface area contributed by atoms with E-state index < -0.39 is 5.63 Å². The molecule has 0 bridgehead atoms. The van der Waals surface area contributed by atoms with Crippen LogP contribution in [-0.4, -0.2) is 19.3 Å². The van der Waals surface area contributed by atoms with E-state index in [4.69, 9.17) is 9.52 Å². The lowest BCUT2D eigenvalue weighted by molar-refractivity contribution is 0.511. The average molecular weight is 468 g/mol. The molecule has 8 heteroatoms. The minimum atomic E-state index is -0.666. The maximum absolute atomic E-state index is 12.6. The first-order valence-corrected chi connectivity index (χ1v) is 11.6. The predicted octanol–water partition coefficient (Wildman–Crippen LogP) is 5.51. The summed E-state index contributed by atoms with van der Waals surface area (Å²) >= 11 is 1.54. The van der Waals surface area contributed by atoms with Gasteiger partial charge in [-0.15, -0.1) is 11.3 Å². The van der Waals surface area contributed by atoms with Crippen LogP contribution in [0.2, 0.25) is 0 Å². The molecule has 0 spiro atoms. The monoisotopic (exact) mass is 467 g/mol. The summed E-state index contributed by atoms with van der Waals surface area (Å²) in [6.45, 7) is 7.84. The Hall–Kier alpha value is -4.22. The maximum Gasteiger partial charge on any atom is 0.354 e. The summed E-state index contributed by atoms with van der Waals surface area (Å²) in [5, 5.41) is 17.5. The molecule has 0 fully saturated rings. The number of thiazole rings is 1. The van der Waals surface area contributed by atoms with Crippen molar-refractivity contribution in [1.29, 1.82) is 5.26 Å². The number of nitrogens with zero attached hydrogens (tertiary/aromatic N) is 5. The Morgan fingerprint density at radius 1 is 1.03 bits per heavy atom. The van der Waals surface area contributed by atoms with E-state index in [9.17, 15) is 10.1 Å². The second-order valence-electron chi connectivity index (χ2n) is 8.03. The molecule has 5 rings (SSSR count). The Bertz CT molecular complexity index is 1620. The lowest BCUT2D eigenvalue weighted by Gasteiger charge is -2.12. The number of para-hydroxylation sites is 1. The van der Waals surface area contributed by atoms with Crippen LogP contribution in [0, 0.1) is 39.0 Å². The maximum atomic E-state index is 12.6. The lowest BCUT2D eigenvalue weighted by atomic mass is 9.92. The highest BCUT2D eigenvalue weighted by molar-refractivity contribution is 7.12. The fourth-order valence-corrected chi connectivity index (χ4v) is 5.26. The molecule has 0 aliphatic heterocycles. The van der Waals surface area contributed by atoms with Crippen LogP contribution >= 0.6 is 11.3 Å². The van der Waals surface area contributed by atoms with Gasteiger partial charge in [-0.2, -0.15) is 10.4 Å². The lowest BCUT2D eigenvalue weighted by Crippen LogP contribution is -2.08. The van der Waals surface area contributed by atoms with Gasteiger partial charge >= 0.3 is 5.63 Å². The first-order chi connectivity index (χ1) is 16.4. The minimum absolute atomic E-state index is 0.0321. The van der Waals surface area contributed by atoms with Crippen molar-refractivity contribution in [2.75, 3.05) is 0 Å². The molecule has 168 valence electrons. The summed E-state index contributed by atoms with van der Waals surface area (Å²) in [4.78, 5) is 17.1. The van der Waals surface area contributed by atoms with E-state index in [0.717, 1.165) is 44.7 Å². The van der Waals surface area contributed by atoms with Gasteiger partial charge in [-0.1, -0.05) is 18.2 Å². The molecule has 5 aromatic rings. The van der Waals surface area contributed by atoms with Crippen LogP contribution in [0.4, 0.5) is 0 Å². The summed E-state index contributed by atoms with van der Waals surface area (Å²) in [6.07, 6.45) is 3.22. The fourth-order valence-electron chi connectivity index (χ4n) is 4.51. The quantitative estimate of drug-likeness (QED) is 0.348. The number of hydrogen-bond acceptors (Lipinski definition) is 6. The number of rotatable bonds is 4. The van der Waals surface area contributed by atoms with Crippen LogP contribution in [0.3, 0.4) is 0 Å². The molecule has 0 atom stereocenters. The van der Waals surface area contributed by atoms with Crippen LogP contribution in [0.1, 0.15) is 28.3 Å². The van der Waals surface area contributed by atoms with Crippen LogP contribution in [0.15, 0.2) is 63.4 Å². The van der Waals surface area contributed by atoms with E-state index in [-0.39, 0.29) is 5.56 Å². The highest BCUT2D eigenvalue weighted by Gasteiger charge is 2.26. The Labute approximate surface area is 200 Å². The van der Waals surface area contributed by atoms with Crippen LogP contribution in [0.5, 0.6) is 0 Å². The van der Waals surface area contributed by atoms with Crippen molar-refractivity contribution < 1.29 is 4.42 Å². The van der Waals surface area contributed by atoms with Gasteiger partial charge in [-0.25, -0.2) is 14.5 Å². The van der Waals surface area contributed by atoms with E-state index in [2.05, 4.69) is 15.6 Å². The molecule has 0 N–H and O–H groups in total. The van der Waals surface area contributed by atoms with Crippen molar-refractivity contribution in [2.45, 2.75) is 27.7 Å². The van der Waals surface area contributed by atoms with Crippen molar-refractivity contribution in [3.63, 3.8) is 0 Å². The molecular formula is C26H21N5O2S. The summed E-state index contributed by atoms with van der Waals surface area (Å²) in [5.41, 5.74) is 6.52. The zero-order valence-electron chi connectivity index (χ0n) is 19.2. The van der Waals surface area contributed by atoms with Crippen molar-refractivity contribution in [1.82, 2.24) is 19.3 Å². The van der Waals surface area contributed by atoms with E-state index in [1.807, 2.05) is 74.2 Å². The predicted molar refractivity (Wildman–Crippen MR) is 132 cm³/mol. The minimum Gasteiger partial charge on any atom is -0.430 e. The third-order valence-corrected chi connectivity index (χ3v) is 6.75. The molecule has 7 nitrogen and oxygen atoms in total. The average Bonchev–Trinajstić information content (AvgIpc) is 3.53. The highest BCUT2D eigenvalue weighted by Crippen LogP contribution is 2.40. The summed E-state index contributed by atoms with van der Waals surface area (Å²) in [6, 6.07) is 13.9. The second kappa shape index (κ2) is 8.28. The molecule has 4 aromatic heterocycles. The smallest absolute Gasteiger partial charge is 0.354 e. The first-order valence-electron chi connectivity index (χ1n) is 10.7. The highest BCUT2D eigenvalue weighted by atomic mass is 32.1. The summed E-state index contributed by atoms with van der Waals surface area (Å²) in [5.74, 6) is 0. The van der Waals surface area contributed by atoms with Gasteiger partial charge < -0.3 is 4.42 Å². The molecule has 4 heterocycles. The zero-order valence-corrected chi connectivity index (χ0v) is 20.0. The van der Waals surface area contributed by atoms with Gasteiger partial charge in [0, 0.05) is 50.9 Å². The Balaban J connectivity index is 1.82. The summed E-state index contributed by atoms with van der Waals surface area (Å²) < 4.78 is 9.24. The van der Waals surface area contributed by atoms with Gasteiger partial charge in [0.05, 0.1) is 11.4 Å². The van der Waals surface area contributed by atoms with Gasteiger partial charge in [-0.05, 0) is 45.9 Å². The van der Waals surface area contributed by atoms with Crippen LogP contribution in [-0.2, 0) is 0 Å². The molecule has 0 unspecified atom stereocenters. The normalized spacial score (nSPS) is 11.0. The first kappa shape index (κ1) is 21.6. The standard InChI is InChI=1S/C26H21N5O2S/c1-15-12-20(17(3)30(15)26-28-10-11-34-26)22-14-33-25(32)21(13-27)24(22)23-16(2)29-31(18(23)4)19-8-6-5-7-9-19/h5-12,14H,1-4H3. The SMILES string of the molecule is Cc1nn(-c2ccccc2)c(C)c1-c1c(-c2cc(C)n(-c3nccs3)c2C)coc(=O)c1C#N. The van der Waals surface area contributed by atoms with Crippen molar-refractivity contribution in [2.24, 2.45) is 0 Å². The molecule has 0 radical (unpaired) electrons. The fraction of sp³-hybridized carbons (Fsp3) is 0.154. The van der Waals surface area contributed by atoms with Crippen molar-refractivity contribution >= 4 is 11.3 Å². The van der Waals surface area contributed by atoms with Gasteiger partial charge in [0.15, 0.2) is 5.13 Å². The topological polar surface area (TPSA) is 89.6 Å². The van der Waals surface area contributed by atoms with Crippen molar-refractivity contribution in [3.05, 3.63) is 93.0 Å². The zero-order chi connectivity index (χ0) is 24.0. The molecule has 0 saturated heterocycles. The van der Waals surface area contributed by atoms with Crippen molar-refractivity contribution in [3.8, 4) is 39.1 Å². The van der Waals surface area contributed by atoms with Crippen LogP contribution < -0.4 is 5.63 Å². The number of nitriles is 1. The Kier molecular flexibility index (Phi) is 5.27. The second-order valence-corrected chi connectivity index (χ2v) is 8.90. The number of hydrogen-bond donors (Lipinski definition) is 0. The van der Waals surface area contributed by atoms with Gasteiger partial charge in [0.25, 0.3) is 0 Å². The van der Waals surface area contributed by atoms with Gasteiger partial charge in [0.1, 0.15) is 17.9 Å². The molecule has 0 saturated carbocycles.